The molecule has 2 aromatic heterocycles. The van der Waals surface area contributed by atoms with Gasteiger partial charge in [-0.1, -0.05) is 12.1 Å². The van der Waals surface area contributed by atoms with Crippen LogP contribution in [0.25, 0.3) is 0 Å². The maximum absolute atomic E-state index is 11.9. The monoisotopic (exact) mass is 354 g/mol. The second-order valence-corrected chi connectivity index (χ2v) is 7.86. The molecule has 0 atom stereocenters. The SMILES string of the molecule is CN(C)c1ncccc1CNC(=O)CNS(=O)(=O)c1cccs1. The van der Waals surface area contributed by atoms with Crippen molar-refractivity contribution in [2.75, 3.05) is 25.5 Å². The fraction of sp³-hybridized carbons (Fsp3) is 0.286. The van der Waals surface area contributed by atoms with Crippen LogP contribution in [0.3, 0.4) is 0 Å². The number of carbonyl (C=O) groups is 1. The number of nitrogens with zero attached hydrogens (tertiary/aromatic N) is 2. The minimum atomic E-state index is -3.63. The normalized spacial score (nSPS) is 11.2. The maximum Gasteiger partial charge on any atom is 0.250 e. The van der Waals surface area contributed by atoms with Crippen LogP contribution in [0.2, 0.25) is 0 Å². The number of amides is 1. The molecule has 0 spiro atoms. The van der Waals surface area contributed by atoms with E-state index in [1.54, 1.807) is 23.7 Å². The van der Waals surface area contributed by atoms with Crippen molar-refractivity contribution in [3.05, 3.63) is 41.4 Å². The third-order valence-electron chi connectivity index (χ3n) is 2.95. The van der Waals surface area contributed by atoms with E-state index in [-0.39, 0.29) is 17.3 Å². The Hall–Kier alpha value is -1.97. The topological polar surface area (TPSA) is 91.4 Å². The van der Waals surface area contributed by atoms with Crippen molar-refractivity contribution in [2.24, 2.45) is 0 Å². The van der Waals surface area contributed by atoms with Gasteiger partial charge in [0.2, 0.25) is 5.91 Å². The van der Waals surface area contributed by atoms with Crippen molar-refractivity contribution >= 4 is 33.1 Å². The molecule has 1 amide bonds. The third-order valence-corrected chi connectivity index (χ3v) is 5.75. The van der Waals surface area contributed by atoms with Crippen molar-refractivity contribution < 1.29 is 13.2 Å². The van der Waals surface area contributed by atoms with Gasteiger partial charge in [0.25, 0.3) is 10.0 Å². The number of nitrogens with one attached hydrogen (secondary N) is 2. The predicted octanol–water partition coefficient (Wildman–Crippen LogP) is 0.804. The first kappa shape index (κ1) is 17.4. The molecule has 0 aliphatic rings. The van der Waals surface area contributed by atoms with Gasteiger partial charge in [0.15, 0.2) is 0 Å². The first-order valence-electron chi connectivity index (χ1n) is 6.81. The van der Waals surface area contributed by atoms with E-state index in [1.807, 2.05) is 25.1 Å². The second kappa shape index (κ2) is 7.53. The number of sulfonamides is 1. The van der Waals surface area contributed by atoms with Crippen LogP contribution < -0.4 is 14.9 Å². The lowest BCUT2D eigenvalue weighted by Gasteiger charge is -2.16. The summed E-state index contributed by atoms with van der Waals surface area (Å²) < 4.78 is 26.3. The van der Waals surface area contributed by atoms with Gasteiger partial charge in [-0.3, -0.25) is 4.79 Å². The molecule has 0 radical (unpaired) electrons. The van der Waals surface area contributed by atoms with Crippen LogP contribution in [-0.4, -0.2) is 39.9 Å². The highest BCUT2D eigenvalue weighted by Crippen LogP contribution is 2.15. The third kappa shape index (κ3) is 4.75. The quantitative estimate of drug-likeness (QED) is 0.768. The summed E-state index contributed by atoms with van der Waals surface area (Å²) in [5, 5.41) is 4.35. The molecule has 0 saturated carbocycles. The van der Waals surface area contributed by atoms with E-state index in [4.69, 9.17) is 0 Å². The number of aromatic nitrogens is 1. The molecule has 0 bridgehead atoms. The van der Waals surface area contributed by atoms with Crippen LogP contribution in [0.1, 0.15) is 5.56 Å². The molecule has 2 aromatic rings. The average molecular weight is 354 g/mol. The molecule has 0 aliphatic heterocycles. The Morgan fingerprint density at radius 1 is 1.30 bits per heavy atom. The van der Waals surface area contributed by atoms with E-state index in [0.29, 0.717) is 0 Å². The fourth-order valence-corrected chi connectivity index (χ4v) is 3.89. The summed E-state index contributed by atoms with van der Waals surface area (Å²) in [7, 11) is 0.0983. The number of thiophene rings is 1. The smallest absolute Gasteiger partial charge is 0.250 e. The van der Waals surface area contributed by atoms with Gasteiger partial charge in [0.1, 0.15) is 10.0 Å². The van der Waals surface area contributed by atoms with Crippen LogP contribution >= 0.6 is 11.3 Å². The summed E-state index contributed by atoms with van der Waals surface area (Å²) in [6.07, 6.45) is 1.68. The van der Waals surface area contributed by atoms with E-state index in [9.17, 15) is 13.2 Å². The van der Waals surface area contributed by atoms with Crippen molar-refractivity contribution in [1.29, 1.82) is 0 Å². The lowest BCUT2D eigenvalue weighted by molar-refractivity contribution is -0.120. The molecule has 7 nitrogen and oxygen atoms in total. The lowest BCUT2D eigenvalue weighted by atomic mass is 10.2. The molecule has 2 N–H and O–H groups in total. The van der Waals surface area contributed by atoms with Crippen LogP contribution in [0.4, 0.5) is 5.82 Å². The number of hydrogen-bond donors (Lipinski definition) is 2. The number of hydrogen-bond acceptors (Lipinski definition) is 6. The largest absolute Gasteiger partial charge is 0.362 e. The van der Waals surface area contributed by atoms with Gasteiger partial charge in [0, 0.05) is 32.4 Å². The molecule has 0 unspecified atom stereocenters. The van der Waals surface area contributed by atoms with Crippen LogP contribution in [-0.2, 0) is 21.4 Å². The van der Waals surface area contributed by atoms with Crippen molar-refractivity contribution in [2.45, 2.75) is 10.8 Å². The van der Waals surface area contributed by atoms with Gasteiger partial charge in [-0.2, -0.15) is 0 Å². The predicted molar refractivity (Wildman–Crippen MR) is 89.9 cm³/mol. The molecule has 124 valence electrons. The summed E-state index contributed by atoms with van der Waals surface area (Å²) in [5.74, 6) is 0.352. The van der Waals surface area contributed by atoms with Crippen molar-refractivity contribution in [3.8, 4) is 0 Å². The zero-order valence-electron chi connectivity index (χ0n) is 12.8. The van der Waals surface area contributed by atoms with E-state index in [0.717, 1.165) is 22.7 Å². The summed E-state index contributed by atoms with van der Waals surface area (Å²) in [6.45, 7) is -0.0291. The molecule has 0 saturated heterocycles. The van der Waals surface area contributed by atoms with Crippen molar-refractivity contribution in [1.82, 2.24) is 15.0 Å². The van der Waals surface area contributed by atoms with Gasteiger partial charge in [-0.25, -0.2) is 18.1 Å². The van der Waals surface area contributed by atoms with Gasteiger partial charge in [0.05, 0.1) is 6.54 Å². The van der Waals surface area contributed by atoms with Crippen LogP contribution in [0.15, 0.2) is 40.1 Å². The van der Waals surface area contributed by atoms with Gasteiger partial charge >= 0.3 is 0 Å². The second-order valence-electron chi connectivity index (χ2n) is 4.91. The molecule has 0 aromatic carbocycles. The molecule has 0 fully saturated rings. The highest BCUT2D eigenvalue weighted by Gasteiger charge is 2.16. The number of carbonyl (C=O) groups excluding carboxylic acids is 1. The summed E-state index contributed by atoms with van der Waals surface area (Å²) in [5.41, 5.74) is 0.854. The molecular weight excluding hydrogens is 336 g/mol. The highest BCUT2D eigenvalue weighted by molar-refractivity contribution is 7.91. The Labute approximate surface area is 139 Å². The molecular formula is C14H18N4O3S2. The molecule has 2 heterocycles. The first-order valence-corrected chi connectivity index (χ1v) is 9.17. The zero-order valence-corrected chi connectivity index (χ0v) is 14.4. The average Bonchev–Trinajstić information content (AvgIpc) is 3.06. The van der Waals surface area contributed by atoms with Crippen LogP contribution in [0.5, 0.6) is 0 Å². The number of pyridine rings is 1. The van der Waals surface area contributed by atoms with Gasteiger partial charge < -0.3 is 10.2 Å². The van der Waals surface area contributed by atoms with E-state index in [1.165, 1.54) is 6.07 Å². The van der Waals surface area contributed by atoms with E-state index in [2.05, 4.69) is 15.0 Å². The van der Waals surface area contributed by atoms with E-state index >= 15 is 0 Å². The van der Waals surface area contributed by atoms with Gasteiger partial charge in [-0.15, -0.1) is 11.3 Å². The van der Waals surface area contributed by atoms with E-state index < -0.39 is 15.9 Å². The lowest BCUT2D eigenvalue weighted by Crippen LogP contribution is -2.36. The van der Waals surface area contributed by atoms with Crippen molar-refractivity contribution in [3.63, 3.8) is 0 Å². The Morgan fingerprint density at radius 2 is 2.09 bits per heavy atom. The van der Waals surface area contributed by atoms with Gasteiger partial charge in [-0.05, 0) is 17.5 Å². The standard InChI is InChI=1S/C14H18N4O3S2/c1-18(2)14-11(5-3-7-15-14)9-16-12(19)10-17-23(20,21)13-6-4-8-22-13/h3-8,17H,9-10H2,1-2H3,(H,16,19). The minimum absolute atomic E-state index is 0.187. The molecule has 2 rings (SSSR count). The maximum atomic E-state index is 11.9. The Kier molecular flexibility index (Phi) is 5.69. The summed E-state index contributed by atoms with van der Waals surface area (Å²) >= 11 is 1.10. The Balaban J connectivity index is 1.89. The first-order chi connectivity index (χ1) is 10.9. The summed E-state index contributed by atoms with van der Waals surface area (Å²) in [4.78, 5) is 17.9. The Bertz CT molecular complexity index is 758. The number of rotatable bonds is 7. The summed E-state index contributed by atoms with van der Waals surface area (Å²) in [6, 6.07) is 6.78. The van der Waals surface area contributed by atoms with Crippen LogP contribution in [0, 0.1) is 0 Å². The fourth-order valence-electron chi connectivity index (χ4n) is 1.88. The highest BCUT2D eigenvalue weighted by atomic mass is 32.2. The molecule has 0 aliphatic carbocycles. The number of anilines is 1. The minimum Gasteiger partial charge on any atom is -0.362 e. The Morgan fingerprint density at radius 3 is 2.74 bits per heavy atom. The molecule has 9 heteroatoms. The zero-order chi connectivity index (χ0) is 16.9. The molecule has 23 heavy (non-hydrogen) atoms.